The minimum Gasteiger partial charge on any atom is -0.493 e. The number of methoxy groups -OCH3 is 1. The molecule has 0 bridgehead atoms. The first-order chi connectivity index (χ1) is 13.7. The summed E-state index contributed by atoms with van der Waals surface area (Å²) in [7, 11) is 1.66. The zero-order valence-corrected chi connectivity index (χ0v) is 17.0. The molecular weight excluding hydrogens is 354 g/mol. The average molecular weight is 388 g/mol. The Kier molecular flexibility index (Phi) is 6.07. The Morgan fingerprint density at radius 3 is 2.64 bits per heavy atom. The Balaban J connectivity index is 1.33. The van der Waals surface area contributed by atoms with Crippen LogP contribution in [-0.4, -0.2) is 68.7 Å². The van der Waals surface area contributed by atoms with E-state index in [-0.39, 0.29) is 12.5 Å². The minimum atomic E-state index is 0.0629. The number of carbonyl (C=O) groups excluding carboxylic acids is 1. The third kappa shape index (κ3) is 4.44. The number of likely N-dealkylation sites (tertiary alicyclic amines) is 2. The number of nitrogens with one attached hydrogen (secondary N) is 1. The SMILES string of the molecule is COc1cc(CN2CCC3(CCNCC3)C2)ccc1OCC(=O)N1CCCC1. The van der Waals surface area contributed by atoms with E-state index in [1.165, 1.54) is 37.9 Å². The van der Waals surface area contributed by atoms with Crippen LogP contribution in [0.5, 0.6) is 11.5 Å². The predicted molar refractivity (Wildman–Crippen MR) is 109 cm³/mol. The molecule has 3 aliphatic rings. The van der Waals surface area contributed by atoms with Crippen LogP contribution < -0.4 is 14.8 Å². The smallest absolute Gasteiger partial charge is 0.260 e. The summed E-state index contributed by atoms with van der Waals surface area (Å²) in [5.41, 5.74) is 1.76. The summed E-state index contributed by atoms with van der Waals surface area (Å²) in [6, 6.07) is 6.11. The molecule has 6 nitrogen and oxygen atoms in total. The van der Waals surface area contributed by atoms with Gasteiger partial charge in [-0.15, -0.1) is 0 Å². The van der Waals surface area contributed by atoms with E-state index in [1.54, 1.807) is 7.11 Å². The van der Waals surface area contributed by atoms with Crippen LogP contribution in [0, 0.1) is 5.41 Å². The van der Waals surface area contributed by atoms with Crippen molar-refractivity contribution in [3.05, 3.63) is 23.8 Å². The van der Waals surface area contributed by atoms with Gasteiger partial charge in [0.1, 0.15) is 0 Å². The second-order valence-corrected chi connectivity index (χ2v) is 8.57. The minimum absolute atomic E-state index is 0.0629. The van der Waals surface area contributed by atoms with Crippen LogP contribution in [0.3, 0.4) is 0 Å². The van der Waals surface area contributed by atoms with Crippen molar-refractivity contribution in [2.45, 2.75) is 38.6 Å². The fraction of sp³-hybridized carbons (Fsp3) is 0.682. The van der Waals surface area contributed by atoms with E-state index < -0.39 is 0 Å². The van der Waals surface area contributed by atoms with Crippen molar-refractivity contribution >= 4 is 5.91 Å². The average Bonchev–Trinajstić information content (AvgIpc) is 3.38. The van der Waals surface area contributed by atoms with Gasteiger partial charge in [-0.1, -0.05) is 6.07 Å². The predicted octanol–water partition coefficient (Wildman–Crippen LogP) is 2.27. The lowest BCUT2D eigenvalue weighted by Crippen LogP contribution is -2.38. The lowest BCUT2D eigenvalue weighted by molar-refractivity contribution is -0.132. The van der Waals surface area contributed by atoms with Crippen LogP contribution in [0.4, 0.5) is 0 Å². The van der Waals surface area contributed by atoms with E-state index in [0.29, 0.717) is 16.9 Å². The van der Waals surface area contributed by atoms with Gasteiger partial charge in [-0.05, 0) is 74.8 Å². The van der Waals surface area contributed by atoms with Crippen molar-refractivity contribution in [3.63, 3.8) is 0 Å². The quantitative estimate of drug-likeness (QED) is 0.812. The Morgan fingerprint density at radius 1 is 1.11 bits per heavy atom. The van der Waals surface area contributed by atoms with Crippen LogP contribution in [-0.2, 0) is 11.3 Å². The number of nitrogens with zero attached hydrogens (tertiary/aromatic N) is 2. The highest BCUT2D eigenvalue weighted by atomic mass is 16.5. The summed E-state index contributed by atoms with van der Waals surface area (Å²) < 4.78 is 11.3. The molecule has 1 amide bonds. The van der Waals surface area contributed by atoms with Crippen LogP contribution in [0.15, 0.2) is 18.2 Å². The second-order valence-electron chi connectivity index (χ2n) is 8.57. The number of hydrogen-bond donors (Lipinski definition) is 1. The van der Waals surface area contributed by atoms with Gasteiger partial charge >= 0.3 is 0 Å². The van der Waals surface area contributed by atoms with Gasteiger partial charge in [0.25, 0.3) is 5.91 Å². The summed E-state index contributed by atoms with van der Waals surface area (Å²) in [5, 5.41) is 3.48. The molecule has 0 radical (unpaired) electrons. The maximum atomic E-state index is 12.2. The molecule has 1 aromatic carbocycles. The van der Waals surface area contributed by atoms with Crippen LogP contribution in [0.2, 0.25) is 0 Å². The summed E-state index contributed by atoms with van der Waals surface area (Å²) >= 11 is 0. The van der Waals surface area contributed by atoms with Gasteiger partial charge in [0, 0.05) is 26.2 Å². The van der Waals surface area contributed by atoms with E-state index in [0.717, 1.165) is 45.6 Å². The van der Waals surface area contributed by atoms with Crippen molar-refractivity contribution in [1.82, 2.24) is 15.1 Å². The molecule has 3 fully saturated rings. The second kappa shape index (κ2) is 8.70. The highest BCUT2D eigenvalue weighted by Gasteiger charge is 2.38. The first-order valence-corrected chi connectivity index (χ1v) is 10.7. The molecule has 0 aliphatic carbocycles. The number of rotatable bonds is 6. The molecule has 3 aliphatic heterocycles. The molecule has 1 N–H and O–H groups in total. The molecule has 6 heteroatoms. The van der Waals surface area contributed by atoms with Gasteiger partial charge in [-0.3, -0.25) is 9.69 Å². The first-order valence-electron chi connectivity index (χ1n) is 10.7. The molecule has 154 valence electrons. The van der Waals surface area contributed by atoms with E-state index in [1.807, 2.05) is 11.0 Å². The third-order valence-electron chi connectivity index (χ3n) is 6.63. The molecule has 1 aromatic rings. The Morgan fingerprint density at radius 2 is 1.89 bits per heavy atom. The fourth-order valence-corrected chi connectivity index (χ4v) is 4.91. The van der Waals surface area contributed by atoms with E-state index >= 15 is 0 Å². The molecule has 1 spiro atoms. The van der Waals surface area contributed by atoms with Crippen LogP contribution >= 0.6 is 0 Å². The summed E-state index contributed by atoms with van der Waals surface area (Å²) in [5.74, 6) is 1.42. The summed E-state index contributed by atoms with van der Waals surface area (Å²) in [4.78, 5) is 16.7. The highest BCUT2D eigenvalue weighted by molar-refractivity contribution is 5.78. The molecule has 0 unspecified atom stereocenters. The Hall–Kier alpha value is -1.79. The number of piperidine rings is 1. The Labute approximate surface area is 168 Å². The molecule has 3 heterocycles. The molecule has 28 heavy (non-hydrogen) atoms. The van der Waals surface area contributed by atoms with E-state index in [4.69, 9.17) is 9.47 Å². The molecule has 0 aromatic heterocycles. The number of benzene rings is 1. The summed E-state index contributed by atoms with van der Waals surface area (Å²) in [6.45, 7) is 7.41. The maximum Gasteiger partial charge on any atom is 0.260 e. The molecule has 0 atom stereocenters. The zero-order valence-electron chi connectivity index (χ0n) is 17.0. The Bertz CT molecular complexity index is 682. The van der Waals surface area contributed by atoms with Gasteiger partial charge in [0.15, 0.2) is 18.1 Å². The van der Waals surface area contributed by atoms with E-state index in [2.05, 4.69) is 22.3 Å². The molecular formula is C22H33N3O3. The zero-order chi connectivity index (χ0) is 19.4. The van der Waals surface area contributed by atoms with Crippen molar-refractivity contribution < 1.29 is 14.3 Å². The van der Waals surface area contributed by atoms with Crippen LogP contribution in [0.25, 0.3) is 0 Å². The monoisotopic (exact) mass is 387 g/mol. The third-order valence-corrected chi connectivity index (χ3v) is 6.63. The summed E-state index contributed by atoms with van der Waals surface area (Å²) in [6.07, 6.45) is 6.09. The normalized spacial score (nSPS) is 22.0. The van der Waals surface area contributed by atoms with E-state index in [9.17, 15) is 4.79 Å². The lowest BCUT2D eigenvalue weighted by Gasteiger charge is -2.34. The van der Waals surface area contributed by atoms with Crippen molar-refractivity contribution in [1.29, 1.82) is 0 Å². The molecule has 4 rings (SSSR count). The number of carbonyl (C=O) groups is 1. The largest absolute Gasteiger partial charge is 0.493 e. The number of ether oxygens (including phenoxy) is 2. The first kappa shape index (κ1) is 19.5. The molecule has 3 saturated heterocycles. The van der Waals surface area contributed by atoms with Gasteiger partial charge < -0.3 is 19.7 Å². The maximum absolute atomic E-state index is 12.2. The van der Waals surface area contributed by atoms with Crippen molar-refractivity contribution in [2.75, 3.05) is 53.0 Å². The van der Waals surface area contributed by atoms with Gasteiger partial charge in [0.2, 0.25) is 0 Å². The molecule has 0 saturated carbocycles. The van der Waals surface area contributed by atoms with Crippen LogP contribution in [0.1, 0.15) is 37.7 Å². The van der Waals surface area contributed by atoms with Gasteiger partial charge in [-0.25, -0.2) is 0 Å². The van der Waals surface area contributed by atoms with Gasteiger partial charge in [0.05, 0.1) is 7.11 Å². The lowest BCUT2D eigenvalue weighted by atomic mass is 9.78. The topological polar surface area (TPSA) is 54.0 Å². The standard InChI is InChI=1S/C22H33N3O3/c1-27-20-14-18(15-24-13-8-22(17-24)6-9-23-10-7-22)4-5-19(20)28-16-21(26)25-11-2-3-12-25/h4-5,14,23H,2-3,6-13,15-17H2,1H3. The number of amides is 1. The van der Waals surface area contributed by atoms with Gasteiger partial charge in [-0.2, -0.15) is 0 Å². The number of hydrogen-bond acceptors (Lipinski definition) is 5. The van der Waals surface area contributed by atoms with Crippen molar-refractivity contribution in [3.8, 4) is 11.5 Å². The highest BCUT2D eigenvalue weighted by Crippen LogP contribution is 2.39. The fourth-order valence-electron chi connectivity index (χ4n) is 4.91. The van der Waals surface area contributed by atoms with Crippen molar-refractivity contribution in [2.24, 2.45) is 5.41 Å².